The van der Waals surface area contributed by atoms with Crippen LogP contribution in [-0.4, -0.2) is 25.6 Å². The lowest BCUT2D eigenvalue weighted by atomic mass is 9.93. The van der Waals surface area contributed by atoms with Crippen LogP contribution in [0.4, 0.5) is 5.69 Å². The Morgan fingerprint density at radius 2 is 2.10 bits per heavy atom. The van der Waals surface area contributed by atoms with E-state index in [9.17, 15) is 4.79 Å². The largest absolute Gasteiger partial charge is 0.377 e. The third-order valence-electron chi connectivity index (χ3n) is 3.99. The van der Waals surface area contributed by atoms with Gasteiger partial charge in [-0.3, -0.25) is 4.79 Å². The number of nitrogens with one attached hydrogen (secondary N) is 2. The molecule has 0 saturated carbocycles. The quantitative estimate of drug-likeness (QED) is 0.812. The number of piperidine rings is 1. The van der Waals surface area contributed by atoms with Crippen LogP contribution in [0.25, 0.3) is 0 Å². The van der Waals surface area contributed by atoms with Gasteiger partial charge >= 0.3 is 0 Å². The van der Waals surface area contributed by atoms with E-state index in [1.54, 1.807) is 0 Å². The third-order valence-corrected chi connectivity index (χ3v) is 3.99. The summed E-state index contributed by atoms with van der Waals surface area (Å²) in [4.78, 5) is 12.1. The van der Waals surface area contributed by atoms with Gasteiger partial charge in [-0.1, -0.05) is 18.2 Å². The molecule has 1 saturated heterocycles. The van der Waals surface area contributed by atoms with Gasteiger partial charge in [-0.25, -0.2) is 0 Å². The van der Waals surface area contributed by atoms with Crippen LogP contribution in [0.15, 0.2) is 24.3 Å². The number of benzene rings is 1. The van der Waals surface area contributed by atoms with Gasteiger partial charge in [-0.05, 0) is 51.3 Å². The molecule has 1 aliphatic heterocycles. The summed E-state index contributed by atoms with van der Waals surface area (Å²) in [6, 6.07) is 7.85. The van der Waals surface area contributed by atoms with Crippen LogP contribution in [0.5, 0.6) is 0 Å². The fourth-order valence-corrected chi connectivity index (χ4v) is 2.70. The van der Waals surface area contributed by atoms with Crippen molar-refractivity contribution in [2.24, 2.45) is 5.92 Å². The van der Waals surface area contributed by atoms with Gasteiger partial charge in [0.05, 0.1) is 6.61 Å². The van der Waals surface area contributed by atoms with Gasteiger partial charge < -0.3 is 15.4 Å². The van der Waals surface area contributed by atoms with E-state index in [0.717, 1.165) is 30.8 Å². The van der Waals surface area contributed by atoms with E-state index in [-0.39, 0.29) is 5.91 Å². The Kier molecular flexibility index (Phi) is 6.70. The van der Waals surface area contributed by atoms with Crippen molar-refractivity contribution in [2.75, 3.05) is 25.0 Å². The first-order chi connectivity index (χ1) is 10.3. The Labute approximate surface area is 127 Å². The molecule has 0 aliphatic carbocycles. The molecular formula is C17H26N2O2. The Hall–Kier alpha value is -1.39. The lowest BCUT2D eigenvalue weighted by Crippen LogP contribution is -2.28. The SMILES string of the molecule is CCOCc1ccccc1NC(=O)CCC1CCNCC1. The van der Waals surface area contributed by atoms with Crippen molar-refractivity contribution in [3.63, 3.8) is 0 Å². The summed E-state index contributed by atoms with van der Waals surface area (Å²) in [5, 5.41) is 6.38. The van der Waals surface area contributed by atoms with Gasteiger partial charge in [0, 0.05) is 24.3 Å². The Morgan fingerprint density at radius 3 is 2.86 bits per heavy atom. The average molecular weight is 290 g/mol. The molecule has 1 heterocycles. The van der Waals surface area contributed by atoms with E-state index < -0.39 is 0 Å². The highest BCUT2D eigenvalue weighted by molar-refractivity contribution is 5.91. The van der Waals surface area contributed by atoms with Gasteiger partial charge in [0.2, 0.25) is 5.91 Å². The first-order valence-corrected chi connectivity index (χ1v) is 7.95. The highest BCUT2D eigenvalue weighted by atomic mass is 16.5. The number of para-hydroxylation sites is 1. The number of anilines is 1. The molecule has 2 N–H and O–H groups in total. The number of carbonyl (C=O) groups is 1. The predicted molar refractivity (Wildman–Crippen MR) is 85.2 cm³/mol. The summed E-state index contributed by atoms with van der Waals surface area (Å²) in [5.74, 6) is 0.799. The fraction of sp³-hybridized carbons (Fsp3) is 0.588. The summed E-state index contributed by atoms with van der Waals surface area (Å²) < 4.78 is 5.44. The number of hydrogen-bond acceptors (Lipinski definition) is 3. The number of hydrogen-bond donors (Lipinski definition) is 2. The zero-order valence-electron chi connectivity index (χ0n) is 12.9. The van der Waals surface area contributed by atoms with E-state index in [1.807, 2.05) is 31.2 Å². The second kappa shape index (κ2) is 8.80. The molecule has 1 aromatic rings. The van der Waals surface area contributed by atoms with Gasteiger partial charge in [-0.15, -0.1) is 0 Å². The van der Waals surface area contributed by atoms with Crippen LogP contribution < -0.4 is 10.6 Å². The molecule has 4 heteroatoms. The highest BCUT2D eigenvalue weighted by Gasteiger charge is 2.15. The molecular weight excluding hydrogens is 264 g/mol. The second-order valence-electron chi connectivity index (χ2n) is 5.57. The lowest BCUT2D eigenvalue weighted by Gasteiger charge is -2.22. The maximum Gasteiger partial charge on any atom is 0.224 e. The third kappa shape index (κ3) is 5.48. The summed E-state index contributed by atoms with van der Waals surface area (Å²) in [6.45, 7) is 5.37. The van der Waals surface area contributed by atoms with Crippen molar-refractivity contribution in [1.29, 1.82) is 0 Å². The van der Waals surface area contributed by atoms with Gasteiger partial charge in [0.1, 0.15) is 0 Å². The standard InChI is InChI=1S/C17H26N2O2/c1-2-21-13-15-5-3-4-6-16(15)19-17(20)8-7-14-9-11-18-12-10-14/h3-6,14,18H,2,7-13H2,1H3,(H,19,20). The van der Waals surface area contributed by atoms with Gasteiger partial charge in [0.25, 0.3) is 0 Å². The smallest absolute Gasteiger partial charge is 0.224 e. The minimum atomic E-state index is 0.109. The molecule has 21 heavy (non-hydrogen) atoms. The lowest BCUT2D eigenvalue weighted by molar-refractivity contribution is -0.116. The zero-order chi connectivity index (χ0) is 14.9. The minimum Gasteiger partial charge on any atom is -0.377 e. The molecule has 1 aliphatic rings. The molecule has 1 fully saturated rings. The summed E-state index contributed by atoms with van der Waals surface area (Å²) in [5.41, 5.74) is 1.91. The van der Waals surface area contributed by atoms with Gasteiger partial charge in [0.15, 0.2) is 0 Å². The van der Waals surface area contributed by atoms with Crippen LogP contribution in [0.3, 0.4) is 0 Å². The van der Waals surface area contributed by atoms with Crippen molar-refractivity contribution in [3.05, 3.63) is 29.8 Å². The molecule has 0 atom stereocenters. The van der Waals surface area contributed by atoms with E-state index >= 15 is 0 Å². The number of carbonyl (C=O) groups excluding carboxylic acids is 1. The van der Waals surface area contributed by atoms with Crippen molar-refractivity contribution in [1.82, 2.24) is 5.32 Å². The number of ether oxygens (including phenoxy) is 1. The maximum absolute atomic E-state index is 12.1. The van der Waals surface area contributed by atoms with E-state index in [2.05, 4.69) is 10.6 Å². The summed E-state index contributed by atoms with van der Waals surface area (Å²) >= 11 is 0. The van der Waals surface area contributed by atoms with Crippen molar-refractivity contribution >= 4 is 11.6 Å². The fourth-order valence-electron chi connectivity index (χ4n) is 2.70. The van der Waals surface area contributed by atoms with Crippen LogP contribution in [-0.2, 0) is 16.1 Å². The van der Waals surface area contributed by atoms with E-state index in [0.29, 0.717) is 25.6 Å². The second-order valence-corrected chi connectivity index (χ2v) is 5.57. The maximum atomic E-state index is 12.1. The highest BCUT2D eigenvalue weighted by Crippen LogP contribution is 2.20. The van der Waals surface area contributed by atoms with Crippen LogP contribution in [0.1, 0.15) is 38.2 Å². The van der Waals surface area contributed by atoms with Crippen molar-refractivity contribution in [3.8, 4) is 0 Å². The molecule has 0 spiro atoms. The molecule has 0 radical (unpaired) electrons. The topological polar surface area (TPSA) is 50.4 Å². The predicted octanol–water partition coefficient (Wildman–Crippen LogP) is 2.94. The van der Waals surface area contributed by atoms with Crippen LogP contribution in [0, 0.1) is 5.92 Å². The summed E-state index contributed by atoms with van der Waals surface area (Å²) in [7, 11) is 0. The van der Waals surface area contributed by atoms with Crippen molar-refractivity contribution in [2.45, 2.75) is 39.2 Å². The molecule has 2 rings (SSSR count). The van der Waals surface area contributed by atoms with Crippen LogP contribution in [0.2, 0.25) is 0 Å². The number of rotatable bonds is 7. The monoisotopic (exact) mass is 290 g/mol. The Bertz CT molecular complexity index is 442. The molecule has 1 aromatic carbocycles. The number of amides is 1. The Morgan fingerprint density at radius 1 is 1.33 bits per heavy atom. The normalized spacial score (nSPS) is 15.9. The zero-order valence-corrected chi connectivity index (χ0v) is 12.9. The molecule has 0 aromatic heterocycles. The molecule has 116 valence electrons. The summed E-state index contributed by atoms with van der Waals surface area (Å²) in [6.07, 6.45) is 3.97. The van der Waals surface area contributed by atoms with E-state index in [1.165, 1.54) is 12.8 Å². The average Bonchev–Trinajstić information content (AvgIpc) is 2.53. The van der Waals surface area contributed by atoms with Crippen LogP contribution >= 0.6 is 0 Å². The molecule has 0 bridgehead atoms. The minimum absolute atomic E-state index is 0.109. The first kappa shape index (κ1) is 16.0. The molecule has 1 amide bonds. The van der Waals surface area contributed by atoms with Crippen molar-refractivity contribution < 1.29 is 9.53 Å². The molecule has 4 nitrogen and oxygen atoms in total. The Balaban J connectivity index is 1.81. The van der Waals surface area contributed by atoms with Gasteiger partial charge in [-0.2, -0.15) is 0 Å². The molecule has 0 unspecified atom stereocenters. The first-order valence-electron chi connectivity index (χ1n) is 7.95. The van der Waals surface area contributed by atoms with E-state index in [4.69, 9.17) is 4.74 Å².